The van der Waals surface area contributed by atoms with Crippen LogP contribution in [0.25, 0.3) is 5.82 Å². The van der Waals surface area contributed by atoms with Gasteiger partial charge in [-0.15, -0.1) is 0 Å². The van der Waals surface area contributed by atoms with Crippen LogP contribution in [0.2, 0.25) is 0 Å². The van der Waals surface area contributed by atoms with E-state index in [4.69, 9.17) is 0 Å². The zero-order chi connectivity index (χ0) is 16.4. The third kappa shape index (κ3) is 4.38. The van der Waals surface area contributed by atoms with Crippen molar-refractivity contribution in [2.24, 2.45) is 0 Å². The Labute approximate surface area is 159 Å². The number of halogens is 2. The minimum Gasteiger partial charge on any atom is -0.545 e. The largest absolute Gasteiger partial charge is 1.00 e. The summed E-state index contributed by atoms with van der Waals surface area (Å²) in [4.78, 5) is 17.0. The van der Waals surface area contributed by atoms with Crippen LogP contribution in [0.1, 0.15) is 28.9 Å². The molecule has 2 aromatic heterocycles. The molecule has 1 saturated heterocycles. The second kappa shape index (κ2) is 7.69. The molecule has 0 spiro atoms. The van der Waals surface area contributed by atoms with Crippen LogP contribution in [0.4, 0.5) is 8.78 Å². The van der Waals surface area contributed by atoms with E-state index in [-0.39, 0.29) is 53.8 Å². The summed E-state index contributed by atoms with van der Waals surface area (Å²) in [6.07, 6.45) is 2.77. The van der Waals surface area contributed by atoms with Gasteiger partial charge in [0.05, 0.1) is 11.7 Å². The van der Waals surface area contributed by atoms with Crippen molar-refractivity contribution in [3.8, 4) is 5.82 Å². The number of nitrogens with zero attached hydrogens (tertiary/aromatic N) is 4. The fraction of sp³-hybridized carbons (Fsp3) is 0.400. The molecule has 0 saturated carbocycles. The summed E-state index contributed by atoms with van der Waals surface area (Å²) in [6.45, 7) is 1.07. The third-order valence-electron chi connectivity index (χ3n) is 3.84. The quantitative estimate of drug-likeness (QED) is 0.592. The molecule has 0 aliphatic carbocycles. The normalized spacial score (nSPS) is 17.2. The molecule has 1 fully saturated rings. The summed E-state index contributed by atoms with van der Waals surface area (Å²) in [5.41, 5.74) is 0.616. The summed E-state index contributed by atoms with van der Waals surface area (Å²) in [6, 6.07) is 4.62. The molecule has 3 heterocycles. The fourth-order valence-corrected chi connectivity index (χ4v) is 2.57. The van der Waals surface area contributed by atoms with Crippen molar-refractivity contribution in [3.05, 3.63) is 41.9 Å². The number of hydrogen-bond donors (Lipinski definition) is 0. The van der Waals surface area contributed by atoms with Gasteiger partial charge in [0.2, 0.25) is 0 Å². The van der Waals surface area contributed by atoms with Gasteiger partial charge in [-0.3, -0.25) is 4.90 Å². The van der Waals surface area contributed by atoms with Gasteiger partial charge in [0, 0.05) is 50.4 Å². The Bertz CT molecular complexity index is 713. The second-order valence-electron chi connectivity index (χ2n) is 5.55. The molecule has 0 unspecified atom stereocenters. The predicted molar refractivity (Wildman–Crippen MR) is 75.1 cm³/mol. The molecular formula is C15H15F2N4NaO2. The number of pyridine rings is 1. The van der Waals surface area contributed by atoms with E-state index in [1.54, 1.807) is 12.3 Å². The molecule has 0 radical (unpaired) electrons. The van der Waals surface area contributed by atoms with Gasteiger partial charge in [-0.25, -0.2) is 18.4 Å². The van der Waals surface area contributed by atoms with Crippen molar-refractivity contribution < 1.29 is 48.2 Å². The van der Waals surface area contributed by atoms with Crippen molar-refractivity contribution in [1.82, 2.24) is 19.7 Å². The molecular weight excluding hydrogens is 329 g/mol. The van der Waals surface area contributed by atoms with Crippen molar-refractivity contribution in [1.29, 1.82) is 0 Å². The molecule has 3 rings (SSSR count). The van der Waals surface area contributed by atoms with E-state index >= 15 is 0 Å². The van der Waals surface area contributed by atoms with Crippen molar-refractivity contribution >= 4 is 5.97 Å². The number of carbonyl (C=O) groups is 1. The minimum absolute atomic E-state index is 0. The molecule has 0 atom stereocenters. The smallest absolute Gasteiger partial charge is 0.545 e. The average molecular weight is 344 g/mol. The van der Waals surface area contributed by atoms with Crippen molar-refractivity contribution in [3.63, 3.8) is 0 Å². The van der Waals surface area contributed by atoms with Gasteiger partial charge in [0.15, 0.2) is 5.82 Å². The van der Waals surface area contributed by atoms with Gasteiger partial charge < -0.3 is 9.90 Å². The molecule has 2 aromatic rings. The average Bonchev–Trinajstić information content (AvgIpc) is 2.98. The topological polar surface area (TPSA) is 74.1 Å². The number of piperidine rings is 1. The molecule has 0 amide bonds. The van der Waals surface area contributed by atoms with Gasteiger partial charge in [-0.1, -0.05) is 0 Å². The molecule has 1 aliphatic heterocycles. The van der Waals surface area contributed by atoms with Crippen LogP contribution in [0.5, 0.6) is 0 Å². The molecule has 0 N–H and O–H groups in total. The Morgan fingerprint density at radius 2 is 2.00 bits per heavy atom. The summed E-state index contributed by atoms with van der Waals surface area (Å²) in [5.74, 6) is -3.74. The number of alkyl halides is 2. The molecule has 9 heteroatoms. The Morgan fingerprint density at radius 1 is 1.29 bits per heavy atom. The molecule has 0 aromatic carbocycles. The monoisotopic (exact) mass is 344 g/mol. The number of carboxylic acid groups (broad SMARTS) is 1. The first kappa shape index (κ1) is 19.0. The summed E-state index contributed by atoms with van der Waals surface area (Å²) in [5, 5.41) is 15.4. The number of aromatic carboxylic acids is 1. The van der Waals surface area contributed by atoms with E-state index in [0.717, 1.165) is 0 Å². The van der Waals surface area contributed by atoms with E-state index in [0.29, 0.717) is 25.3 Å². The summed E-state index contributed by atoms with van der Waals surface area (Å²) < 4.78 is 27.7. The molecule has 1 aliphatic rings. The number of rotatable bonds is 4. The van der Waals surface area contributed by atoms with Crippen LogP contribution in [0.15, 0.2) is 30.6 Å². The maximum atomic E-state index is 13.1. The minimum atomic E-state index is -2.58. The molecule has 6 nitrogen and oxygen atoms in total. The number of carbonyl (C=O) groups excluding carboxylic acids is 1. The molecule has 0 bridgehead atoms. The number of hydrogen-bond acceptors (Lipinski definition) is 5. The fourth-order valence-electron chi connectivity index (χ4n) is 2.57. The van der Waals surface area contributed by atoms with Crippen LogP contribution in [0.3, 0.4) is 0 Å². The van der Waals surface area contributed by atoms with Gasteiger partial charge in [0.1, 0.15) is 0 Å². The maximum Gasteiger partial charge on any atom is 1.00 e. The number of aromatic nitrogens is 3. The first-order valence-electron chi connectivity index (χ1n) is 7.26. The van der Waals surface area contributed by atoms with Crippen LogP contribution < -0.4 is 34.7 Å². The Morgan fingerprint density at radius 3 is 2.67 bits per heavy atom. The van der Waals surface area contributed by atoms with Gasteiger partial charge in [-0.05, 0) is 18.2 Å². The van der Waals surface area contributed by atoms with E-state index in [9.17, 15) is 18.7 Å². The second-order valence-corrected chi connectivity index (χ2v) is 5.55. The summed E-state index contributed by atoms with van der Waals surface area (Å²) >= 11 is 0. The van der Waals surface area contributed by atoms with Gasteiger partial charge in [-0.2, -0.15) is 5.10 Å². The summed E-state index contributed by atoms with van der Waals surface area (Å²) in [7, 11) is 0. The maximum absolute atomic E-state index is 13.1. The molecule has 24 heavy (non-hydrogen) atoms. The SMILES string of the molecule is O=C([O-])c1cccnc1-n1ccc(CN2CCC(F)(F)CC2)n1.[Na+]. The third-order valence-corrected chi connectivity index (χ3v) is 3.84. The number of carboxylic acids is 1. The van der Waals surface area contributed by atoms with Crippen molar-refractivity contribution in [2.45, 2.75) is 25.3 Å². The Kier molecular flexibility index (Phi) is 6.08. The first-order chi connectivity index (χ1) is 10.9. The van der Waals surface area contributed by atoms with Gasteiger partial charge in [0.25, 0.3) is 5.92 Å². The Balaban J connectivity index is 0.00000208. The first-order valence-corrected chi connectivity index (χ1v) is 7.26. The Hall–Kier alpha value is -1.35. The molecule has 122 valence electrons. The standard InChI is InChI=1S/C15H16F2N4O2.Na/c16-15(17)4-8-20(9-5-15)10-11-3-7-21(19-11)13-12(14(22)23)2-1-6-18-13;/h1-3,6-7H,4-5,8-10H2,(H,22,23);/q;+1/p-1. The van der Waals surface area contributed by atoms with E-state index in [2.05, 4.69) is 10.1 Å². The van der Waals surface area contributed by atoms with E-state index in [1.807, 2.05) is 4.90 Å². The van der Waals surface area contributed by atoms with Crippen LogP contribution in [-0.2, 0) is 6.54 Å². The van der Waals surface area contributed by atoms with E-state index in [1.165, 1.54) is 23.0 Å². The van der Waals surface area contributed by atoms with E-state index < -0.39 is 11.9 Å². The van der Waals surface area contributed by atoms with Crippen LogP contribution >= 0.6 is 0 Å². The predicted octanol–water partition coefficient (Wildman–Crippen LogP) is -2.13. The van der Waals surface area contributed by atoms with Crippen LogP contribution in [-0.4, -0.2) is 44.6 Å². The zero-order valence-electron chi connectivity index (χ0n) is 13.3. The van der Waals surface area contributed by atoms with Gasteiger partial charge >= 0.3 is 29.6 Å². The van der Waals surface area contributed by atoms with Crippen LogP contribution in [0, 0.1) is 0 Å². The zero-order valence-corrected chi connectivity index (χ0v) is 15.3. The van der Waals surface area contributed by atoms with Crippen molar-refractivity contribution in [2.75, 3.05) is 13.1 Å². The number of likely N-dealkylation sites (tertiary alicyclic amines) is 1.